The second-order valence-corrected chi connectivity index (χ2v) is 17.4. The predicted molar refractivity (Wildman–Crippen MR) is 154 cm³/mol. The predicted octanol–water partition coefficient (Wildman–Crippen LogP) is 7.61. The van der Waals surface area contributed by atoms with Gasteiger partial charge in [-0.25, -0.2) is 0 Å². The maximum atomic E-state index is 13.9. The number of nitrogens with one attached hydrogen (secondary N) is 1. The van der Waals surface area contributed by atoms with E-state index in [9.17, 15) is 23.1 Å². The third kappa shape index (κ3) is 3.71. The lowest BCUT2D eigenvalue weighted by atomic mass is 9.27. The van der Waals surface area contributed by atoms with Crippen molar-refractivity contribution >= 4 is 5.91 Å². The van der Waals surface area contributed by atoms with Crippen LogP contribution < -0.4 is 5.32 Å². The lowest BCUT2D eigenvalue weighted by Crippen LogP contribution is -2.75. The van der Waals surface area contributed by atoms with E-state index in [-0.39, 0.29) is 38.9 Å². The molecule has 4 fully saturated rings. The van der Waals surface area contributed by atoms with Crippen molar-refractivity contribution < 1.29 is 27.6 Å². The number of fused-ring (bicyclic) bond motifs is 8. The molecule has 236 valence electrons. The molecule has 0 radical (unpaired) electrons. The van der Waals surface area contributed by atoms with Crippen LogP contribution in [0.2, 0.25) is 0 Å². The third-order valence-electron chi connectivity index (χ3n) is 15.0. The molecule has 5 aliphatic carbocycles. The fraction of sp³-hybridized carbons (Fsp3) is 0.882. The molecule has 0 bridgehead atoms. The van der Waals surface area contributed by atoms with Crippen LogP contribution in [0.25, 0.3) is 0 Å². The summed E-state index contributed by atoms with van der Waals surface area (Å²) in [5.41, 5.74) is -1.02. The summed E-state index contributed by atoms with van der Waals surface area (Å²) in [5, 5.41) is 19.0. The molecular weight excluding hydrogens is 541 g/mol. The first-order valence-electron chi connectivity index (χ1n) is 16.2. The lowest BCUT2D eigenvalue weighted by Gasteiger charge is -2.77. The van der Waals surface area contributed by atoms with Gasteiger partial charge in [0.15, 0.2) is 0 Å². The fourth-order valence-corrected chi connectivity index (χ4v) is 12.5. The van der Waals surface area contributed by atoms with Crippen LogP contribution in [0.3, 0.4) is 0 Å². The first-order valence-corrected chi connectivity index (χ1v) is 16.2. The summed E-state index contributed by atoms with van der Waals surface area (Å²) in [6.07, 6.45) is 3.74. The minimum absolute atomic E-state index is 0.0566. The Kier molecular flexibility index (Phi) is 6.37. The smallest absolute Gasteiger partial charge is 0.393 e. The number of carbonyl (C=O) groups excluding carboxylic acids is 1. The van der Waals surface area contributed by atoms with Gasteiger partial charge in [0.2, 0.25) is 5.91 Å². The van der Waals surface area contributed by atoms with Crippen molar-refractivity contribution in [3.8, 4) is 0 Å². The summed E-state index contributed by atoms with van der Waals surface area (Å²) < 4.78 is 45.6. The number of nitrogens with zero attached hydrogens (tertiary/aromatic N) is 1. The molecule has 4 saturated carbocycles. The summed E-state index contributed by atoms with van der Waals surface area (Å²) in [6.45, 7) is 17.1. The zero-order chi connectivity index (χ0) is 30.9. The number of aliphatic hydroxyl groups is 1. The van der Waals surface area contributed by atoms with Crippen LogP contribution in [0.1, 0.15) is 118 Å². The summed E-state index contributed by atoms with van der Waals surface area (Å²) in [5.74, 6) is 0.965. The third-order valence-corrected chi connectivity index (χ3v) is 15.0. The van der Waals surface area contributed by atoms with Crippen molar-refractivity contribution in [2.75, 3.05) is 6.54 Å². The van der Waals surface area contributed by atoms with Gasteiger partial charge in [0.1, 0.15) is 12.3 Å². The van der Waals surface area contributed by atoms with E-state index in [0.717, 1.165) is 44.3 Å². The number of alkyl halides is 3. The maximum Gasteiger partial charge on any atom is 0.405 e. The number of halogens is 3. The van der Waals surface area contributed by atoms with Crippen molar-refractivity contribution in [2.24, 2.45) is 50.2 Å². The monoisotopic (exact) mass is 592 g/mol. The van der Waals surface area contributed by atoms with E-state index >= 15 is 0 Å². The average Bonchev–Trinajstić information content (AvgIpc) is 3.35. The Morgan fingerprint density at radius 1 is 1.00 bits per heavy atom. The van der Waals surface area contributed by atoms with Crippen molar-refractivity contribution in [1.29, 1.82) is 0 Å². The van der Waals surface area contributed by atoms with Crippen molar-refractivity contribution in [1.82, 2.24) is 10.5 Å². The Hall–Kier alpha value is -1.57. The zero-order valence-electron chi connectivity index (χ0n) is 26.8. The highest BCUT2D eigenvalue weighted by molar-refractivity contribution is 5.83. The summed E-state index contributed by atoms with van der Waals surface area (Å²) in [6, 6.07) is 0. The van der Waals surface area contributed by atoms with Gasteiger partial charge in [0.25, 0.3) is 0 Å². The van der Waals surface area contributed by atoms with Crippen molar-refractivity contribution in [2.45, 2.75) is 131 Å². The molecule has 2 N–H and O–H groups in total. The number of aliphatic hydroxyl groups excluding tert-OH is 1. The lowest BCUT2D eigenvalue weighted by molar-refractivity contribution is -0.304. The van der Waals surface area contributed by atoms with Gasteiger partial charge in [0, 0.05) is 16.4 Å². The largest absolute Gasteiger partial charge is 0.405 e. The van der Waals surface area contributed by atoms with Crippen molar-refractivity contribution in [3.63, 3.8) is 0 Å². The molecule has 0 aliphatic heterocycles. The van der Waals surface area contributed by atoms with E-state index in [4.69, 9.17) is 4.52 Å². The van der Waals surface area contributed by atoms with E-state index in [2.05, 4.69) is 65.9 Å². The number of carbonyl (C=O) groups is 1. The van der Waals surface area contributed by atoms with E-state index in [1.54, 1.807) is 0 Å². The number of aromatic nitrogens is 1. The van der Waals surface area contributed by atoms with E-state index in [1.807, 2.05) is 6.20 Å². The molecule has 0 spiro atoms. The Bertz CT molecular complexity index is 1270. The van der Waals surface area contributed by atoms with Gasteiger partial charge >= 0.3 is 6.18 Å². The molecule has 9 atom stereocenters. The van der Waals surface area contributed by atoms with Crippen LogP contribution in [-0.4, -0.2) is 35.0 Å². The summed E-state index contributed by atoms with van der Waals surface area (Å²) in [4.78, 5) is 13.9. The van der Waals surface area contributed by atoms with E-state index < -0.39 is 35.6 Å². The van der Waals surface area contributed by atoms with Crippen LogP contribution in [0.15, 0.2) is 10.7 Å². The molecule has 0 aromatic carbocycles. The highest BCUT2D eigenvalue weighted by Gasteiger charge is 2.76. The zero-order valence-corrected chi connectivity index (χ0v) is 26.8. The van der Waals surface area contributed by atoms with Gasteiger partial charge < -0.3 is 14.9 Å². The molecule has 8 heteroatoms. The molecular formula is C34H51F3N2O3. The minimum Gasteiger partial charge on any atom is -0.393 e. The minimum atomic E-state index is -4.46. The van der Waals surface area contributed by atoms with Crippen LogP contribution in [0.5, 0.6) is 0 Å². The average molecular weight is 593 g/mol. The second kappa shape index (κ2) is 8.78. The van der Waals surface area contributed by atoms with Crippen LogP contribution in [0, 0.1) is 50.2 Å². The Morgan fingerprint density at radius 3 is 2.33 bits per heavy atom. The number of hydrogen-bond acceptors (Lipinski definition) is 4. The topological polar surface area (TPSA) is 75.4 Å². The Labute approximate surface area is 249 Å². The molecule has 5 nitrogen and oxygen atoms in total. The maximum absolute atomic E-state index is 13.9. The quantitative estimate of drug-likeness (QED) is 0.371. The molecule has 1 aromatic heterocycles. The highest BCUT2D eigenvalue weighted by Crippen LogP contribution is 2.80. The van der Waals surface area contributed by atoms with Gasteiger partial charge in [0.05, 0.1) is 17.7 Å². The molecule has 1 heterocycles. The normalized spacial score (nSPS) is 47.2. The molecule has 1 amide bonds. The molecule has 0 saturated heterocycles. The van der Waals surface area contributed by atoms with E-state index in [1.165, 1.54) is 5.56 Å². The number of hydrogen-bond donors (Lipinski definition) is 2. The van der Waals surface area contributed by atoms with Crippen LogP contribution in [-0.2, 0) is 16.6 Å². The fourth-order valence-electron chi connectivity index (χ4n) is 12.5. The standard InChI is InChI=1S/C34H51F3N2O3/c1-27(2)11-13-33(26(41)38-19-34(35,36)37)14-12-31(7)30(6)10-9-21-28(3,4)25-20(18-39-42-25)16-29(21,5)22(30)15-24(40)32(31,8)23(33)17-27/h18,21-24,40H,9-17,19H2,1-8H3,(H,38,41)/t21-,22+,23-,24+,29-,30+,31-,32-,33-/m0/s1. The molecule has 1 aromatic rings. The Balaban J connectivity index is 1.44. The molecule has 42 heavy (non-hydrogen) atoms. The van der Waals surface area contributed by atoms with Crippen LogP contribution >= 0.6 is 0 Å². The highest BCUT2D eigenvalue weighted by atomic mass is 19.4. The van der Waals surface area contributed by atoms with Crippen LogP contribution in [0.4, 0.5) is 13.2 Å². The number of amides is 1. The first-order chi connectivity index (χ1) is 19.2. The summed E-state index contributed by atoms with van der Waals surface area (Å²) in [7, 11) is 0. The van der Waals surface area contributed by atoms with Gasteiger partial charge in [-0.05, 0) is 97.2 Å². The van der Waals surface area contributed by atoms with E-state index in [0.29, 0.717) is 25.2 Å². The summed E-state index contributed by atoms with van der Waals surface area (Å²) >= 11 is 0. The van der Waals surface area contributed by atoms with Gasteiger partial charge in [-0.15, -0.1) is 0 Å². The van der Waals surface area contributed by atoms with Gasteiger partial charge in [-0.1, -0.05) is 60.5 Å². The molecule has 6 rings (SSSR count). The molecule has 5 aliphatic rings. The van der Waals surface area contributed by atoms with Gasteiger partial charge in [-0.3, -0.25) is 4.79 Å². The molecule has 0 unspecified atom stereocenters. The SMILES string of the molecule is CC1(C)CC[C@]2(C(=O)NCC(F)(F)F)CC[C@]3(C)[C@](C)([C@H](O)C[C@@H]4[C@@]5(C)Cc6cnoc6C(C)(C)[C@@H]5CC[C@]43C)[C@@H]2C1. The second-order valence-electron chi connectivity index (χ2n) is 17.4. The van der Waals surface area contributed by atoms with Gasteiger partial charge in [-0.2, -0.15) is 13.2 Å². The first kappa shape index (κ1) is 30.5. The Morgan fingerprint density at radius 2 is 1.67 bits per heavy atom. The number of rotatable bonds is 2. The van der Waals surface area contributed by atoms with Crippen molar-refractivity contribution in [3.05, 3.63) is 17.5 Å².